The van der Waals surface area contributed by atoms with Crippen molar-refractivity contribution in [3.63, 3.8) is 0 Å². The largest absolute Gasteiger partial charge is 0.284 e. The fraction of sp³-hybridized carbons (Fsp3) is 0.158. The Labute approximate surface area is 154 Å². The van der Waals surface area contributed by atoms with Gasteiger partial charge in [0.2, 0.25) is 0 Å². The number of hydrogen-bond donors (Lipinski definition) is 0. The smallest absolute Gasteiger partial charge is 0.260 e. The van der Waals surface area contributed by atoms with Crippen molar-refractivity contribution < 1.29 is 4.79 Å². The summed E-state index contributed by atoms with van der Waals surface area (Å²) in [5.74, 6) is -0.00541. The Bertz CT molecular complexity index is 815. The Balaban J connectivity index is 1.89. The monoisotopic (exact) mass is 400 g/mol. The summed E-state index contributed by atoms with van der Waals surface area (Å²) in [5, 5.41) is 2.74. The molecule has 3 nitrogen and oxygen atoms in total. The van der Waals surface area contributed by atoms with Gasteiger partial charge in [-0.15, -0.1) is 11.3 Å². The summed E-state index contributed by atoms with van der Waals surface area (Å²) >= 11 is 4.94. The molecule has 0 bridgehead atoms. The lowest BCUT2D eigenvalue weighted by atomic mass is 10.2. The van der Waals surface area contributed by atoms with Crippen LogP contribution in [0.15, 0.2) is 64.5 Å². The Hall–Kier alpha value is -1.98. The molecule has 0 unspecified atom stereocenters. The second-order valence-electron chi connectivity index (χ2n) is 5.35. The Kier molecular flexibility index (Phi) is 5.43. The standard InChI is InChI=1S/C19H17BrN2OS/c1-2-12-22(18(23)15-6-4-3-5-7-15)19-21-17(13-24-19)14-8-10-16(20)11-9-14/h3-11,13H,2,12H2,1H3. The van der Waals surface area contributed by atoms with Gasteiger partial charge < -0.3 is 0 Å². The van der Waals surface area contributed by atoms with Crippen molar-refractivity contribution in [2.75, 3.05) is 11.4 Å². The van der Waals surface area contributed by atoms with E-state index in [1.807, 2.05) is 60.0 Å². The van der Waals surface area contributed by atoms with E-state index in [1.54, 1.807) is 4.90 Å². The molecule has 0 atom stereocenters. The van der Waals surface area contributed by atoms with E-state index in [9.17, 15) is 4.79 Å². The van der Waals surface area contributed by atoms with Gasteiger partial charge in [0.15, 0.2) is 5.13 Å². The summed E-state index contributed by atoms with van der Waals surface area (Å²) in [6.45, 7) is 2.72. The van der Waals surface area contributed by atoms with Crippen LogP contribution >= 0.6 is 27.3 Å². The van der Waals surface area contributed by atoms with E-state index >= 15 is 0 Å². The highest BCUT2D eigenvalue weighted by molar-refractivity contribution is 9.10. The molecule has 0 saturated carbocycles. The first-order chi connectivity index (χ1) is 11.7. The molecule has 0 spiro atoms. The Morgan fingerprint density at radius 2 is 1.83 bits per heavy atom. The number of aromatic nitrogens is 1. The molecule has 0 aliphatic heterocycles. The van der Waals surface area contributed by atoms with Crippen LogP contribution < -0.4 is 4.90 Å². The second-order valence-corrected chi connectivity index (χ2v) is 7.10. The predicted octanol–water partition coefficient (Wildman–Crippen LogP) is 5.63. The molecule has 3 rings (SSSR count). The molecule has 1 aromatic heterocycles. The van der Waals surface area contributed by atoms with E-state index in [0.717, 1.165) is 27.3 Å². The minimum absolute atomic E-state index is 0.00541. The fourth-order valence-electron chi connectivity index (χ4n) is 2.39. The molecular weight excluding hydrogens is 384 g/mol. The molecule has 5 heteroatoms. The first-order valence-electron chi connectivity index (χ1n) is 7.77. The van der Waals surface area contributed by atoms with Crippen LogP contribution in [0.5, 0.6) is 0 Å². The molecule has 0 aliphatic rings. The zero-order valence-corrected chi connectivity index (χ0v) is 15.7. The molecule has 3 aromatic rings. The minimum atomic E-state index is -0.00541. The van der Waals surface area contributed by atoms with Crippen molar-refractivity contribution in [1.82, 2.24) is 4.98 Å². The van der Waals surface area contributed by atoms with Gasteiger partial charge in [-0.3, -0.25) is 9.69 Å². The van der Waals surface area contributed by atoms with Crippen LogP contribution in [0.4, 0.5) is 5.13 Å². The Morgan fingerprint density at radius 3 is 2.50 bits per heavy atom. The quantitative estimate of drug-likeness (QED) is 0.555. The third-order valence-corrected chi connectivity index (χ3v) is 4.97. The van der Waals surface area contributed by atoms with Crippen LogP contribution in [0.3, 0.4) is 0 Å². The fourth-order valence-corrected chi connectivity index (χ4v) is 3.51. The first-order valence-corrected chi connectivity index (χ1v) is 9.44. The molecule has 2 aromatic carbocycles. The van der Waals surface area contributed by atoms with Gasteiger partial charge in [-0.2, -0.15) is 0 Å². The van der Waals surface area contributed by atoms with Crippen LogP contribution in [-0.2, 0) is 0 Å². The molecule has 24 heavy (non-hydrogen) atoms. The molecule has 0 N–H and O–H groups in total. The van der Waals surface area contributed by atoms with Gasteiger partial charge in [0.1, 0.15) is 0 Å². The molecule has 1 amide bonds. The number of carbonyl (C=O) groups excluding carboxylic acids is 1. The molecule has 122 valence electrons. The summed E-state index contributed by atoms with van der Waals surface area (Å²) in [4.78, 5) is 19.3. The lowest BCUT2D eigenvalue weighted by Gasteiger charge is -2.19. The molecule has 0 aliphatic carbocycles. The van der Waals surface area contributed by atoms with Crippen LogP contribution in [-0.4, -0.2) is 17.4 Å². The van der Waals surface area contributed by atoms with Crippen molar-refractivity contribution in [2.24, 2.45) is 0 Å². The normalized spacial score (nSPS) is 10.6. The van der Waals surface area contributed by atoms with E-state index in [0.29, 0.717) is 12.1 Å². The van der Waals surface area contributed by atoms with Gasteiger partial charge >= 0.3 is 0 Å². The van der Waals surface area contributed by atoms with Gasteiger partial charge in [0.25, 0.3) is 5.91 Å². The second kappa shape index (κ2) is 7.73. The predicted molar refractivity (Wildman–Crippen MR) is 104 cm³/mol. The maximum Gasteiger partial charge on any atom is 0.260 e. The first kappa shape index (κ1) is 16.9. The molecule has 0 radical (unpaired) electrons. The van der Waals surface area contributed by atoms with Crippen LogP contribution in [0.25, 0.3) is 11.3 Å². The number of thiazole rings is 1. The molecular formula is C19H17BrN2OS. The summed E-state index contributed by atoms with van der Waals surface area (Å²) in [6, 6.07) is 17.4. The highest BCUT2D eigenvalue weighted by Gasteiger charge is 2.20. The average molecular weight is 401 g/mol. The summed E-state index contributed by atoms with van der Waals surface area (Å²) < 4.78 is 1.04. The van der Waals surface area contributed by atoms with Crippen molar-refractivity contribution in [1.29, 1.82) is 0 Å². The third kappa shape index (κ3) is 3.74. The van der Waals surface area contributed by atoms with E-state index in [-0.39, 0.29) is 5.91 Å². The maximum atomic E-state index is 12.8. The number of hydrogen-bond acceptors (Lipinski definition) is 3. The number of nitrogens with zero attached hydrogens (tertiary/aromatic N) is 2. The summed E-state index contributed by atoms with van der Waals surface area (Å²) in [5.41, 5.74) is 2.63. The van der Waals surface area contributed by atoms with Gasteiger partial charge in [-0.1, -0.05) is 53.2 Å². The Morgan fingerprint density at radius 1 is 1.12 bits per heavy atom. The molecule has 0 fully saturated rings. The van der Waals surface area contributed by atoms with E-state index < -0.39 is 0 Å². The zero-order chi connectivity index (χ0) is 16.9. The number of anilines is 1. The van der Waals surface area contributed by atoms with Crippen molar-refractivity contribution in [3.8, 4) is 11.3 Å². The molecule has 1 heterocycles. The lowest BCUT2D eigenvalue weighted by molar-refractivity contribution is 0.0987. The highest BCUT2D eigenvalue weighted by Crippen LogP contribution is 2.29. The zero-order valence-electron chi connectivity index (χ0n) is 13.3. The van der Waals surface area contributed by atoms with Crippen LogP contribution in [0, 0.1) is 0 Å². The topological polar surface area (TPSA) is 33.2 Å². The van der Waals surface area contributed by atoms with E-state index in [4.69, 9.17) is 0 Å². The average Bonchev–Trinajstić information content (AvgIpc) is 3.10. The highest BCUT2D eigenvalue weighted by atomic mass is 79.9. The van der Waals surface area contributed by atoms with E-state index in [2.05, 4.69) is 27.8 Å². The summed E-state index contributed by atoms with van der Waals surface area (Å²) in [7, 11) is 0. The number of amides is 1. The van der Waals surface area contributed by atoms with Crippen molar-refractivity contribution in [2.45, 2.75) is 13.3 Å². The number of rotatable bonds is 5. The summed E-state index contributed by atoms with van der Waals surface area (Å²) in [6.07, 6.45) is 0.881. The minimum Gasteiger partial charge on any atom is -0.284 e. The van der Waals surface area contributed by atoms with Crippen molar-refractivity contribution >= 4 is 38.3 Å². The van der Waals surface area contributed by atoms with Gasteiger partial charge in [-0.25, -0.2) is 4.98 Å². The van der Waals surface area contributed by atoms with Gasteiger partial charge in [-0.05, 0) is 30.7 Å². The third-order valence-electron chi connectivity index (χ3n) is 3.58. The number of benzene rings is 2. The van der Waals surface area contributed by atoms with Crippen LogP contribution in [0.2, 0.25) is 0 Å². The van der Waals surface area contributed by atoms with E-state index in [1.165, 1.54) is 11.3 Å². The van der Waals surface area contributed by atoms with Crippen LogP contribution in [0.1, 0.15) is 23.7 Å². The van der Waals surface area contributed by atoms with Crippen molar-refractivity contribution in [3.05, 3.63) is 70.0 Å². The number of carbonyl (C=O) groups is 1. The van der Waals surface area contributed by atoms with Gasteiger partial charge in [0.05, 0.1) is 5.69 Å². The lowest BCUT2D eigenvalue weighted by Crippen LogP contribution is -2.31. The van der Waals surface area contributed by atoms with Gasteiger partial charge in [0, 0.05) is 27.5 Å². The molecule has 0 saturated heterocycles. The number of halogens is 1. The SMILES string of the molecule is CCCN(C(=O)c1ccccc1)c1nc(-c2ccc(Br)cc2)cs1. The maximum absolute atomic E-state index is 12.8.